The van der Waals surface area contributed by atoms with Crippen LogP contribution in [0.2, 0.25) is 0 Å². The minimum absolute atomic E-state index is 0.110. The summed E-state index contributed by atoms with van der Waals surface area (Å²) in [6.45, 7) is 11.8. The number of aryl methyl sites for hydroxylation is 2. The van der Waals surface area contributed by atoms with Gasteiger partial charge >= 0.3 is 5.97 Å². The van der Waals surface area contributed by atoms with Crippen LogP contribution in [0.25, 0.3) is 0 Å². The number of nitrogens with one attached hydrogen (secondary N) is 1. The van der Waals surface area contributed by atoms with Crippen molar-refractivity contribution >= 4 is 17.6 Å². The molecule has 0 radical (unpaired) electrons. The molecule has 1 aromatic heterocycles. The molecule has 6 heteroatoms. The largest absolute Gasteiger partial charge is 0.455 e. The Morgan fingerprint density at radius 3 is 2.14 bits per heavy atom. The SMILES string of the molecule is Cc1nn(C)c(C)c1CC(=O)OCC(=O)Nc1c(C(C)C)cccc1C(C)C. The topological polar surface area (TPSA) is 73.2 Å². The van der Waals surface area contributed by atoms with E-state index in [1.807, 2.05) is 39.1 Å². The molecule has 0 saturated heterocycles. The summed E-state index contributed by atoms with van der Waals surface area (Å²) < 4.78 is 6.95. The summed E-state index contributed by atoms with van der Waals surface area (Å²) in [6, 6.07) is 6.05. The van der Waals surface area contributed by atoms with Gasteiger partial charge in [0, 0.05) is 24.0 Å². The maximum Gasteiger partial charge on any atom is 0.310 e. The number of para-hydroxylation sites is 1. The van der Waals surface area contributed by atoms with Crippen LogP contribution in [0, 0.1) is 13.8 Å². The molecule has 0 spiro atoms. The van der Waals surface area contributed by atoms with Crippen LogP contribution in [-0.4, -0.2) is 28.3 Å². The second-order valence-corrected chi connectivity index (χ2v) is 7.78. The van der Waals surface area contributed by atoms with Crippen LogP contribution < -0.4 is 5.32 Å². The van der Waals surface area contributed by atoms with E-state index in [4.69, 9.17) is 4.74 Å². The number of aromatic nitrogens is 2. The van der Waals surface area contributed by atoms with Gasteiger partial charge in [-0.05, 0) is 36.8 Å². The molecule has 0 bridgehead atoms. The van der Waals surface area contributed by atoms with Gasteiger partial charge in [0.25, 0.3) is 5.91 Å². The van der Waals surface area contributed by atoms with Crippen molar-refractivity contribution in [2.24, 2.45) is 7.05 Å². The summed E-state index contributed by atoms with van der Waals surface area (Å²) in [5.41, 5.74) is 5.55. The monoisotopic (exact) mass is 385 g/mol. The second kappa shape index (κ2) is 9.04. The first kappa shape index (κ1) is 21.7. The predicted octanol–water partition coefficient (Wildman–Crippen LogP) is 4.01. The van der Waals surface area contributed by atoms with E-state index in [1.54, 1.807) is 4.68 Å². The Hall–Kier alpha value is -2.63. The maximum atomic E-state index is 12.5. The predicted molar refractivity (Wildman–Crippen MR) is 111 cm³/mol. The van der Waals surface area contributed by atoms with Crippen LogP contribution >= 0.6 is 0 Å². The van der Waals surface area contributed by atoms with Crippen LogP contribution in [-0.2, 0) is 27.8 Å². The molecule has 2 rings (SSSR count). The van der Waals surface area contributed by atoms with Gasteiger partial charge in [-0.3, -0.25) is 14.3 Å². The van der Waals surface area contributed by atoms with Crippen LogP contribution in [0.15, 0.2) is 18.2 Å². The molecular weight excluding hydrogens is 354 g/mol. The first-order chi connectivity index (χ1) is 13.1. The molecule has 1 aromatic carbocycles. The zero-order valence-electron chi connectivity index (χ0n) is 17.9. The number of rotatable bonds is 7. The first-order valence-electron chi connectivity index (χ1n) is 9.69. The first-order valence-corrected chi connectivity index (χ1v) is 9.69. The van der Waals surface area contributed by atoms with E-state index in [9.17, 15) is 9.59 Å². The minimum Gasteiger partial charge on any atom is -0.455 e. The molecule has 0 aliphatic carbocycles. The number of carbonyl (C=O) groups excluding carboxylic acids is 2. The van der Waals surface area contributed by atoms with Crippen LogP contribution in [0.4, 0.5) is 5.69 Å². The molecule has 1 N–H and O–H groups in total. The summed E-state index contributed by atoms with van der Waals surface area (Å²) >= 11 is 0. The third kappa shape index (κ3) is 5.00. The zero-order valence-corrected chi connectivity index (χ0v) is 17.9. The lowest BCUT2D eigenvalue weighted by Crippen LogP contribution is -2.23. The van der Waals surface area contributed by atoms with Gasteiger partial charge in [-0.25, -0.2) is 0 Å². The summed E-state index contributed by atoms with van der Waals surface area (Å²) in [4.78, 5) is 24.6. The summed E-state index contributed by atoms with van der Waals surface area (Å²) in [7, 11) is 1.84. The van der Waals surface area contributed by atoms with Gasteiger partial charge < -0.3 is 10.1 Å². The van der Waals surface area contributed by atoms with Gasteiger partial charge in [-0.15, -0.1) is 0 Å². The van der Waals surface area contributed by atoms with E-state index < -0.39 is 5.97 Å². The van der Waals surface area contributed by atoms with Crippen molar-refractivity contribution in [3.05, 3.63) is 46.3 Å². The number of ether oxygens (including phenoxy) is 1. The number of esters is 1. The third-order valence-electron chi connectivity index (χ3n) is 4.98. The van der Waals surface area contributed by atoms with Crippen molar-refractivity contribution < 1.29 is 14.3 Å². The van der Waals surface area contributed by atoms with E-state index >= 15 is 0 Å². The number of hydrogen-bond donors (Lipinski definition) is 1. The lowest BCUT2D eigenvalue weighted by atomic mass is 9.92. The molecular formula is C22H31N3O3. The average Bonchev–Trinajstić information content (AvgIpc) is 2.86. The Morgan fingerprint density at radius 1 is 1.11 bits per heavy atom. The molecule has 1 amide bonds. The molecule has 0 aliphatic rings. The second-order valence-electron chi connectivity index (χ2n) is 7.78. The molecule has 2 aromatic rings. The number of benzene rings is 1. The van der Waals surface area contributed by atoms with Crippen molar-refractivity contribution in [2.75, 3.05) is 11.9 Å². The van der Waals surface area contributed by atoms with E-state index in [-0.39, 0.29) is 30.8 Å². The van der Waals surface area contributed by atoms with E-state index in [1.165, 1.54) is 0 Å². The zero-order chi connectivity index (χ0) is 21.0. The molecule has 0 saturated carbocycles. The van der Waals surface area contributed by atoms with Gasteiger partial charge in [0.2, 0.25) is 0 Å². The Morgan fingerprint density at radius 2 is 1.68 bits per heavy atom. The Bertz CT molecular complexity index is 840. The van der Waals surface area contributed by atoms with Crippen molar-refractivity contribution in [1.82, 2.24) is 9.78 Å². The van der Waals surface area contributed by atoms with Crippen LogP contribution in [0.3, 0.4) is 0 Å². The molecule has 0 fully saturated rings. The lowest BCUT2D eigenvalue weighted by Gasteiger charge is -2.20. The lowest BCUT2D eigenvalue weighted by molar-refractivity contribution is -0.146. The van der Waals surface area contributed by atoms with Crippen molar-refractivity contribution in [1.29, 1.82) is 0 Å². The fraction of sp³-hybridized carbons (Fsp3) is 0.500. The van der Waals surface area contributed by atoms with Crippen LogP contribution in [0.1, 0.15) is 67.6 Å². The van der Waals surface area contributed by atoms with Crippen molar-refractivity contribution in [3.8, 4) is 0 Å². The minimum atomic E-state index is -0.435. The van der Waals surface area contributed by atoms with E-state index in [0.717, 1.165) is 33.8 Å². The Labute approximate surface area is 167 Å². The number of carbonyl (C=O) groups is 2. The van der Waals surface area contributed by atoms with E-state index in [0.29, 0.717) is 0 Å². The van der Waals surface area contributed by atoms with Crippen molar-refractivity contribution in [2.45, 2.75) is 59.8 Å². The number of hydrogen-bond acceptors (Lipinski definition) is 4. The number of anilines is 1. The smallest absolute Gasteiger partial charge is 0.310 e. The highest BCUT2D eigenvalue weighted by atomic mass is 16.5. The summed E-state index contributed by atoms with van der Waals surface area (Å²) in [6.07, 6.45) is 0.110. The highest BCUT2D eigenvalue weighted by molar-refractivity contribution is 5.94. The Kier molecular flexibility index (Phi) is 7.00. The van der Waals surface area contributed by atoms with Crippen LogP contribution in [0.5, 0.6) is 0 Å². The molecule has 28 heavy (non-hydrogen) atoms. The summed E-state index contributed by atoms with van der Waals surface area (Å²) in [5, 5.41) is 7.25. The molecule has 152 valence electrons. The average molecular weight is 386 g/mol. The molecule has 0 aliphatic heterocycles. The molecule has 6 nitrogen and oxygen atoms in total. The highest BCUT2D eigenvalue weighted by Crippen LogP contribution is 2.32. The van der Waals surface area contributed by atoms with Gasteiger partial charge in [-0.2, -0.15) is 5.10 Å². The standard InChI is InChI=1S/C22H31N3O3/c1-13(2)17-9-8-10-18(14(3)4)22(17)23-20(26)12-28-21(27)11-19-15(5)24-25(7)16(19)6/h8-10,13-14H,11-12H2,1-7H3,(H,23,26). The van der Waals surface area contributed by atoms with Gasteiger partial charge in [0.1, 0.15) is 0 Å². The van der Waals surface area contributed by atoms with Gasteiger partial charge in [0.15, 0.2) is 6.61 Å². The normalized spacial score (nSPS) is 11.2. The Balaban J connectivity index is 2.04. The van der Waals surface area contributed by atoms with E-state index in [2.05, 4.69) is 38.1 Å². The highest BCUT2D eigenvalue weighted by Gasteiger charge is 2.18. The molecule has 1 heterocycles. The summed E-state index contributed by atoms with van der Waals surface area (Å²) in [5.74, 6) is -0.222. The van der Waals surface area contributed by atoms with Gasteiger partial charge in [-0.1, -0.05) is 45.9 Å². The fourth-order valence-corrected chi connectivity index (χ4v) is 3.29. The number of nitrogens with zero attached hydrogens (tertiary/aromatic N) is 2. The van der Waals surface area contributed by atoms with Gasteiger partial charge in [0.05, 0.1) is 12.1 Å². The molecule has 0 unspecified atom stereocenters. The maximum absolute atomic E-state index is 12.5. The van der Waals surface area contributed by atoms with Crippen molar-refractivity contribution in [3.63, 3.8) is 0 Å². The quantitative estimate of drug-likeness (QED) is 0.731. The third-order valence-corrected chi connectivity index (χ3v) is 4.98. The number of amides is 1. The molecule has 0 atom stereocenters. The fourth-order valence-electron chi connectivity index (χ4n) is 3.29.